The summed E-state index contributed by atoms with van der Waals surface area (Å²) >= 11 is 7.41. The Bertz CT molecular complexity index is 721. The molecule has 2 aliphatic rings. The third kappa shape index (κ3) is 2.02. The molecule has 0 fully saturated rings. The fourth-order valence-electron chi connectivity index (χ4n) is 3.29. The Morgan fingerprint density at radius 3 is 3.10 bits per heavy atom. The Kier molecular flexibility index (Phi) is 3.15. The highest BCUT2D eigenvalue weighted by atomic mass is 32.2. The van der Waals surface area contributed by atoms with E-state index < -0.39 is 0 Å². The second-order valence-corrected chi connectivity index (χ2v) is 6.89. The first-order valence-electron chi connectivity index (χ1n) is 7.10. The molecule has 0 radical (unpaired) electrons. The van der Waals surface area contributed by atoms with Gasteiger partial charge in [-0.05, 0) is 30.4 Å². The van der Waals surface area contributed by atoms with Crippen molar-refractivity contribution in [1.29, 1.82) is 0 Å². The standard InChI is InChI=1S/C16H16N2S2/c19-16-13-8-20-9-14(13)17-15(18-16)12-7-3-5-10-4-1-2-6-11(10)12/h1-2,4,6,12H,3,5,7-9H2,(H,17,18,19). The van der Waals surface area contributed by atoms with Crippen LogP contribution in [-0.2, 0) is 17.9 Å². The largest absolute Gasteiger partial charge is 0.346 e. The zero-order valence-corrected chi connectivity index (χ0v) is 12.8. The monoisotopic (exact) mass is 300 g/mol. The lowest BCUT2D eigenvalue weighted by Gasteiger charge is -2.25. The van der Waals surface area contributed by atoms with E-state index in [9.17, 15) is 0 Å². The van der Waals surface area contributed by atoms with Gasteiger partial charge in [-0.25, -0.2) is 4.98 Å². The van der Waals surface area contributed by atoms with E-state index in [1.54, 1.807) is 0 Å². The molecule has 1 N–H and O–H groups in total. The Balaban J connectivity index is 1.83. The van der Waals surface area contributed by atoms with Gasteiger partial charge in [-0.3, -0.25) is 0 Å². The Labute approximate surface area is 128 Å². The van der Waals surface area contributed by atoms with E-state index in [2.05, 4.69) is 29.2 Å². The maximum atomic E-state index is 5.49. The van der Waals surface area contributed by atoms with Crippen molar-refractivity contribution in [2.45, 2.75) is 36.7 Å². The number of fused-ring (bicyclic) bond motifs is 2. The normalized spacial score (nSPS) is 20.5. The summed E-state index contributed by atoms with van der Waals surface area (Å²) in [7, 11) is 0. The molecule has 1 aliphatic carbocycles. The molecular formula is C16H16N2S2. The van der Waals surface area contributed by atoms with E-state index in [1.165, 1.54) is 41.6 Å². The van der Waals surface area contributed by atoms with Crippen molar-refractivity contribution >= 4 is 24.0 Å². The predicted molar refractivity (Wildman–Crippen MR) is 85.6 cm³/mol. The summed E-state index contributed by atoms with van der Waals surface area (Å²) in [6.45, 7) is 0. The van der Waals surface area contributed by atoms with Gasteiger partial charge in [-0.2, -0.15) is 11.8 Å². The van der Waals surface area contributed by atoms with Crippen molar-refractivity contribution in [2.24, 2.45) is 0 Å². The topological polar surface area (TPSA) is 28.7 Å². The summed E-state index contributed by atoms with van der Waals surface area (Å²) in [6, 6.07) is 8.77. The van der Waals surface area contributed by atoms with E-state index in [1.807, 2.05) is 11.8 Å². The van der Waals surface area contributed by atoms with Crippen LogP contribution < -0.4 is 0 Å². The number of hydrogen-bond donors (Lipinski definition) is 1. The number of nitrogens with one attached hydrogen (secondary N) is 1. The van der Waals surface area contributed by atoms with Gasteiger partial charge in [0.25, 0.3) is 0 Å². The van der Waals surface area contributed by atoms with Crippen molar-refractivity contribution in [1.82, 2.24) is 9.97 Å². The van der Waals surface area contributed by atoms with Gasteiger partial charge in [0.1, 0.15) is 10.5 Å². The van der Waals surface area contributed by atoms with Crippen molar-refractivity contribution in [3.05, 3.63) is 57.1 Å². The SMILES string of the molecule is S=c1nc(C2CCCc3ccccc32)[nH]c2c1CSC2. The molecule has 20 heavy (non-hydrogen) atoms. The van der Waals surface area contributed by atoms with Crippen LogP contribution in [0.25, 0.3) is 0 Å². The summed E-state index contributed by atoms with van der Waals surface area (Å²) in [5.41, 5.74) is 5.45. The van der Waals surface area contributed by atoms with Gasteiger partial charge in [0, 0.05) is 28.7 Å². The highest BCUT2D eigenvalue weighted by Crippen LogP contribution is 2.36. The first-order chi connectivity index (χ1) is 9.83. The van der Waals surface area contributed by atoms with Gasteiger partial charge in [-0.15, -0.1) is 0 Å². The lowest BCUT2D eigenvalue weighted by molar-refractivity contribution is 0.587. The third-order valence-corrected chi connectivity index (χ3v) is 5.64. The average Bonchev–Trinajstić information content (AvgIpc) is 2.95. The first kappa shape index (κ1) is 12.6. The minimum atomic E-state index is 0.387. The summed E-state index contributed by atoms with van der Waals surface area (Å²) in [4.78, 5) is 8.29. The molecule has 1 aromatic heterocycles. The van der Waals surface area contributed by atoms with Gasteiger partial charge >= 0.3 is 0 Å². The first-order valence-corrected chi connectivity index (χ1v) is 8.67. The summed E-state index contributed by atoms with van der Waals surface area (Å²) in [5, 5.41) is 0. The van der Waals surface area contributed by atoms with E-state index in [-0.39, 0.29) is 0 Å². The number of aromatic amines is 1. The number of hydrogen-bond acceptors (Lipinski definition) is 3. The minimum absolute atomic E-state index is 0.387. The van der Waals surface area contributed by atoms with Crippen molar-refractivity contribution in [3.8, 4) is 0 Å². The lowest BCUT2D eigenvalue weighted by Crippen LogP contribution is -2.15. The second kappa shape index (κ2) is 5.01. The maximum Gasteiger partial charge on any atom is 0.134 e. The van der Waals surface area contributed by atoms with E-state index in [0.717, 1.165) is 22.0 Å². The van der Waals surface area contributed by atoms with Crippen LogP contribution in [0.1, 0.15) is 47.0 Å². The fraction of sp³-hybridized carbons (Fsp3) is 0.375. The fourth-order valence-corrected chi connectivity index (χ4v) is 4.75. The molecule has 0 saturated heterocycles. The zero-order chi connectivity index (χ0) is 13.5. The van der Waals surface area contributed by atoms with Crippen molar-refractivity contribution in [3.63, 3.8) is 0 Å². The number of H-pyrrole nitrogens is 1. The van der Waals surface area contributed by atoms with Crippen molar-refractivity contribution in [2.75, 3.05) is 0 Å². The van der Waals surface area contributed by atoms with Crippen LogP contribution >= 0.6 is 24.0 Å². The Hall–Kier alpha value is -1.13. The average molecular weight is 300 g/mol. The van der Waals surface area contributed by atoms with Crippen LogP contribution in [0.4, 0.5) is 0 Å². The van der Waals surface area contributed by atoms with Crippen LogP contribution in [0.15, 0.2) is 24.3 Å². The number of benzene rings is 1. The van der Waals surface area contributed by atoms with Gasteiger partial charge in [0.05, 0.1) is 0 Å². The van der Waals surface area contributed by atoms with Crippen LogP contribution in [0.3, 0.4) is 0 Å². The highest BCUT2D eigenvalue weighted by molar-refractivity contribution is 7.98. The summed E-state index contributed by atoms with van der Waals surface area (Å²) in [5.74, 6) is 3.52. The van der Waals surface area contributed by atoms with Crippen LogP contribution in [0.2, 0.25) is 0 Å². The van der Waals surface area contributed by atoms with E-state index in [4.69, 9.17) is 17.2 Å². The Morgan fingerprint density at radius 1 is 1.25 bits per heavy atom. The third-order valence-electron chi connectivity index (χ3n) is 4.32. The highest BCUT2D eigenvalue weighted by Gasteiger charge is 2.25. The molecule has 0 amide bonds. The van der Waals surface area contributed by atoms with Crippen LogP contribution in [0, 0.1) is 4.64 Å². The molecule has 2 heterocycles. The molecule has 0 spiro atoms. The molecule has 1 aromatic carbocycles. The number of aromatic nitrogens is 2. The second-order valence-electron chi connectivity index (χ2n) is 5.52. The van der Waals surface area contributed by atoms with Gasteiger partial charge < -0.3 is 4.98 Å². The molecule has 0 saturated carbocycles. The number of aryl methyl sites for hydroxylation is 1. The molecule has 102 valence electrons. The van der Waals surface area contributed by atoms with Gasteiger partial charge in [0.2, 0.25) is 0 Å². The maximum absolute atomic E-state index is 5.49. The molecule has 1 unspecified atom stereocenters. The lowest BCUT2D eigenvalue weighted by atomic mass is 9.82. The smallest absolute Gasteiger partial charge is 0.134 e. The molecule has 2 aromatic rings. The predicted octanol–water partition coefficient (Wildman–Crippen LogP) is 4.35. The molecular weight excluding hydrogens is 284 g/mol. The number of rotatable bonds is 1. The van der Waals surface area contributed by atoms with Gasteiger partial charge in [0.15, 0.2) is 0 Å². The molecule has 1 aliphatic heterocycles. The van der Waals surface area contributed by atoms with Crippen LogP contribution in [0.5, 0.6) is 0 Å². The van der Waals surface area contributed by atoms with Crippen molar-refractivity contribution < 1.29 is 0 Å². The summed E-state index contributed by atoms with van der Waals surface area (Å²) < 4.78 is 0.807. The molecule has 4 rings (SSSR count). The number of thioether (sulfide) groups is 1. The molecule has 4 heteroatoms. The summed E-state index contributed by atoms with van der Waals surface area (Å²) in [6.07, 6.45) is 3.59. The Morgan fingerprint density at radius 2 is 2.15 bits per heavy atom. The van der Waals surface area contributed by atoms with Crippen LogP contribution in [-0.4, -0.2) is 9.97 Å². The molecule has 2 nitrogen and oxygen atoms in total. The minimum Gasteiger partial charge on any atom is -0.346 e. The van der Waals surface area contributed by atoms with E-state index >= 15 is 0 Å². The zero-order valence-electron chi connectivity index (χ0n) is 11.2. The van der Waals surface area contributed by atoms with Gasteiger partial charge in [-0.1, -0.05) is 36.5 Å². The molecule has 0 bridgehead atoms. The number of nitrogens with zero attached hydrogens (tertiary/aromatic N) is 1. The molecule has 1 atom stereocenters. The quantitative estimate of drug-likeness (QED) is 0.794. The van der Waals surface area contributed by atoms with E-state index in [0.29, 0.717) is 5.92 Å².